The molecular formula is C28H24FNO. The van der Waals surface area contributed by atoms with Gasteiger partial charge in [-0.1, -0.05) is 60.7 Å². The van der Waals surface area contributed by atoms with Crippen molar-refractivity contribution in [1.82, 2.24) is 0 Å². The maximum Gasteiger partial charge on any atom is 0.134 e. The number of benzene rings is 4. The molecule has 0 N–H and O–H groups in total. The zero-order valence-electron chi connectivity index (χ0n) is 17.6. The second kappa shape index (κ2) is 9.55. The fourth-order valence-corrected chi connectivity index (χ4v) is 3.82. The van der Waals surface area contributed by atoms with Crippen molar-refractivity contribution >= 4 is 10.8 Å². The van der Waals surface area contributed by atoms with Crippen LogP contribution >= 0.6 is 0 Å². The van der Waals surface area contributed by atoms with Crippen molar-refractivity contribution in [2.24, 2.45) is 0 Å². The fraction of sp³-hybridized carbons (Fsp3) is 0.179. The molecule has 0 unspecified atom stereocenters. The molecule has 0 spiro atoms. The van der Waals surface area contributed by atoms with Crippen LogP contribution in [-0.4, -0.2) is 13.7 Å². The predicted octanol–water partition coefficient (Wildman–Crippen LogP) is 6.49. The van der Waals surface area contributed by atoms with Crippen LogP contribution in [-0.2, 0) is 24.0 Å². The van der Waals surface area contributed by atoms with E-state index in [1.54, 1.807) is 19.2 Å². The Morgan fingerprint density at radius 2 is 1.45 bits per heavy atom. The van der Waals surface area contributed by atoms with E-state index in [9.17, 15) is 0 Å². The van der Waals surface area contributed by atoms with Gasteiger partial charge in [0.05, 0.1) is 18.2 Å². The minimum atomic E-state index is -0.146. The number of hydrogen-bond donors (Lipinski definition) is 0. The summed E-state index contributed by atoms with van der Waals surface area (Å²) < 4.78 is 20.3. The number of fused-ring (bicyclic) bond motifs is 1. The molecule has 0 aromatic heterocycles. The van der Waals surface area contributed by atoms with Crippen LogP contribution in [0.2, 0.25) is 0 Å². The van der Waals surface area contributed by atoms with Gasteiger partial charge in [-0.25, -0.2) is 4.39 Å². The molecule has 0 aliphatic rings. The second-order valence-electron chi connectivity index (χ2n) is 7.72. The van der Waals surface area contributed by atoms with Gasteiger partial charge >= 0.3 is 0 Å². The van der Waals surface area contributed by atoms with Gasteiger partial charge in [-0.15, -0.1) is 0 Å². The molecule has 0 amide bonds. The zero-order valence-corrected chi connectivity index (χ0v) is 17.6. The maximum absolute atomic E-state index is 15.1. The summed E-state index contributed by atoms with van der Waals surface area (Å²) >= 11 is 0. The van der Waals surface area contributed by atoms with Gasteiger partial charge < -0.3 is 4.74 Å². The normalized spacial score (nSPS) is 10.9. The van der Waals surface area contributed by atoms with Crippen LogP contribution in [0.15, 0.2) is 78.9 Å². The Morgan fingerprint density at radius 1 is 0.774 bits per heavy atom. The Balaban J connectivity index is 1.52. The highest BCUT2D eigenvalue weighted by Gasteiger charge is 2.09. The van der Waals surface area contributed by atoms with Gasteiger partial charge in [0.15, 0.2) is 0 Å². The molecule has 0 bridgehead atoms. The number of ether oxygens (including phenoxy) is 1. The van der Waals surface area contributed by atoms with Gasteiger partial charge in [-0.05, 0) is 70.7 Å². The number of rotatable bonds is 7. The van der Waals surface area contributed by atoms with Gasteiger partial charge in [0.2, 0.25) is 0 Å². The van der Waals surface area contributed by atoms with Crippen molar-refractivity contribution in [2.45, 2.75) is 19.3 Å². The summed E-state index contributed by atoms with van der Waals surface area (Å²) in [5, 5.41) is 10.5. The van der Waals surface area contributed by atoms with Crippen molar-refractivity contribution in [3.63, 3.8) is 0 Å². The van der Waals surface area contributed by atoms with Gasteiger partial charge in [0, 0.05) is 12.5 Å². The molecule has 0 aliphatic heterocycles. The van der Waals surface area contributed by atoms with Crippen LogP contribution in [0.25, 0.3) is 21.9 Å². The lowest BCUT2D eigenvalue weighted by atomic mass is 9.96. The van der Waals surface area contributed by atoms with E-state index in [0.717, 1.165) is 34.9 Å². The summed E-state index contributed by atoms with van der Waals surface area (Å²) in [5.41, 5.74) is 5.89. The Morgan fingerprint density at radius 3 is 2.16 bits per heavy atom. The predicted molar refractivity (Wildman–Crippen MR) is 123 cm³/mol. The summed E-state index contributed by atoms with van der Waals surface area (Å²) in [6, 6.07) is 27.8. The molecule has 31 heavy (non-hydrogen) atoms. The standard InChI is InChI=1S/C28H24FNO/c1-31-17-16-21-6-9-23(10-7-21)25-14-15-27-26(18-25)13-12-24(28(27)29)11-8-20-2-4-22(19-30)5-3-20/h2-7,9-10,12-15,18H,8,11,16-17H2,1H3. The van der Waals surface area contributed by atoms with Crippen LogP contribution in [0.4, 0.5) is 4.39 Å². The Labute approximate surface area is 182 Å². The molecule has 2 nitrogen and oxygen atoms in total. The number of methoxy groups -OCH3 is 1. The second-order valence-corrected chi connectivity index (χ2v) is 7.72. The van der Waals surface area contributed by atoms with Crippen LogP contribution < -0.4 is 0 Å². The summed E-state index contributed by atoms with van der Waals surface area (Å²) in [6.07, 6.45) is 2.25. The Hall–Kier alpha value is -3.48. The van der Waals surface area contributed by atoms with Gasteiger partial charge in [-0.2, -0.15) is 5.26 Å². The van der Waals surface area contributed by atoms with Crippen LogP contribution in [0.3, 0.4) is 0 Å². The van der Waals surface area contributed by atoms with Crippen molar-refractivity contribution in [2.75, 3.05) is 13.7 Å². The molecule has 0 saturated carbocycles. The smallest absolute Gasteiger partial charge is 0.134 e. The monoisotopic (exact) mass is 409 g/mol. The van der Waals surface area contributed by atoms with E-state index in [1.165, 1.54) is 5.56 Å². The van der Waals surface area contributed by atoms with E-state index in [1.807, 2.05) is 42.5 Å². The van der Waals surface area contributed by atoms with Crippen molar-refractivity contribution < 1.29 is 9.13 Å². The molecule has 4 aromatic carbocycles. The Kier molecular flexibility index (Phi) is 6.40. The van der Waals surface area contributed by atoms with Crippen LogP contribution in [0.5, 0.6) is 0 Å². The third kappa shape index (κ3) is 4.82. The largest absolute Gasteiger partial charge is 0.384 e. The molecule has 4 aromatic rings. The van der Waals surface area contributed by atoms with E-state index in [-0.39, 0.29) is 5.82 Å². The first-order valence-electron chi connectivity index (χ1n) is 10.5. The molecule has 3 heteroatoms. The lowest BCUT2D eigenvalue weighted by molar-refractivity contribution is 0.202. The summed E-state index contributed by atoms with van der Waals surface area (Å²) in [5.74, 6) is -0.146. The highest BCUT2D eigenvalue weighted by molar-refractivity contribution is 5.88. The highest BCUT2D eigenvalue weighted by atomic mass is 19.1. The molecular weight excluding hydrogens is 385 g/mol. The lowest BCUT2D eigenvalue weighted by Crippen LogP contribution is -1.96. The maximum atomic E-state index is 15.1. The fourth-order valence-electron chi connectivity index (χ4n) is 3.82. The molecule has 0 fully saturated rings. The van der Waals surface area contributed by atoms with E-state index in [2.05, 4.69) is 30.3 Å². The first kappa shape index (κ1) is 20.8. The van der Waals surface area contributed by atoms with E-state index in [4.69, 9.17) is 10.00 Å². The molecule has 154 valence electrons. The molecule has 0 saturated heterocycles. The lowest BCUT2D eigenvalue weighted by Gasteiger charge is -2.10. The van der Waals surface area contributed by atoms with Gasteiger partial charge in [-0.3, -0.25) is 0 Å². The first-order valence-corrected chi connectivity index (χ1v) is 10.5. The van der Waals surface area contributed by atoms with E-state index < -0.39 is 0 Å². The molecule has 0 radical (unpaired) electrons. The third-order valence-corrected chi connectivity index (χ3v) is 5.68. The molecule has 0 heterocycles. The summed E-state index contributed by atoms with van der Waals surface area (Å²) in [6.45, 7) is 0.710. The average Bonchev–Trinajstić information content (AvgIpc) is 2.83. The number of halogens is 1. The molecule has 0 aliphatic carbocycles. The summed E-state index contributed by atoms with van der Waals surface area (Å²) in [7, 11) is 1.71. The number of nitriles is 1. The minimum Gasteiger partial charge on any atom is -0.384 e. The van der Waals surface area contributed by atoms with E-state index >= 15 is 4.39 Å². The first-order chi connectivity index (χ1) is 15.2. The van der Waals surface area contributed by atoms with Gasteiger partial charge in [0.1, 0.15) is 5.82 Å². The third-order valence-electron chi connectivity index (χ3n) is 5.68. The highest BCUT2D eigenvalue weighted by Crippen LogP contribution is 2.28. The van der Waals surface area contributed by atoms with Crippen molar-refractivity contribution in [3.05, 3.63) is 107 Å². The van der Waals surface area contributed by atoms with E-state index in [0.29, 0.717) is 29.5 Å². The number of aryl methyl sites for hydroxylation is 2. The summed E-state index contributed by atoms with van der Waals surface area (Å²) in [4.78, 5) is 0. The number of hydrogen-bond acceptors (Lipinski definition) is 2. The number of nitrogens with zero attached hydrogens (tertiary/aromatic N) is 1. The molecule has 0 atom stereocenters. The quantitative estimate of drug-likeness (QED) is 0.349. The molecule has 4 rings (SSSR count). The van der Waals surface area contributed by atoms with Crippen LogP contribution in [0.1, 0.15) is 22.3 Å². The Bertz CT molecular complexity index is 1220. The minimum absolute atomic E-state index is 0.146. The SMILES string of the molecule is COCCc1ccc(-c2ccc3c(F)c(CCc4ccc(C#N)cc4)ccc3c2)cc1. The zero-order chi connectivity index (χ0) is 21.6. The van der Waals surface area contributed by atoms with Crippen molar-refractivity contribution in [3.8, 4) is 17.2 Å². The van der Waals surface area contributed by atoms with Gasteiger partial charge in [0.25, 0.3) is 0 Å². The van der Waals surface area contributed by atoms with Crippen LogP contribution in [0, 0.1) is 17.1 Å². The topological polar surface area (TPSA) is 33.0 Å². The van der Waals surface area contributed by atoms with Crippen molar-refractivity contribution in [1.29, 1.82) is 5.26 Å². The average molecular weight is 410 g/mol.